The number of hydrogen-bond donors (Lipinski definition) is 0. The summed E-state index contributed by atoms with van der Waals surface area (Å²) in [5.74, 6) is 0.537. The molecule has 0 aliphatic heterocycles. The van der Waals surface area contributed by atoms with E-state index in [1.165, 1.54) is 0 Å². The van der Waals surface area contributed by atoms with E-state index in [9.17, 15) is 4.79 Å². The molecule has 2 aromatic rings. The Morgan fingerprint density at radius 1 is 1.19 bits per heavy atom. The lowest BCUT2D eigenvalue weighted by Crippen LogP contribution is -2.13. The zero-order valence-electron chi connectivity index (χ0n) is 12.9. The summed E-state index contributed by atoms with van der Waals surface area (Å²) in [6, 6.07) is 9.11. The highest BCUT2D eigenvalue weighted by Crippen LogP contribution is 2.24. The minimum atomic E-state index is -0.0684. The minimum Gasteiger partial charge on any atom is -0.490 e. The van der Waals surface area contributed by atoms with Gasteiger partial charge in [-0.15, -0.1) is 0 Å². The monoisotopic (exact) mass is 284 g/mol. The number of nitrogens with zero attached hydrogens (tertiary/aromatic N) is 2. The van der Waals surface area contributed by atoms with Crippen molar-refractivity contribution in [3.05, 3.63) is 52.8 Å². The Labute approximate surface area is 125 Å². The van der Waals surface area contributed by atoms with E-state index in [1.807, 2.05) is 45.9 Å². The molecule has 0 bridgehead atoms. The maximum absolute atomic E-state index is 12.8. The molecule has 0 aliphatic carbocycles. The fourth-order valence-electron chi connectivity index (χ4n) is 2.13. The van der Waals surface area contributed by atoms with Crippen LogP contribution in [0.1, 0.15) is 48.1 Å². The Bertz CT molecular complexity index is 651. The van der Waals surface area contributed by atoms with Gasteiger partial charge in [0.05, 0.1) is 23.1 Å². The number of ketones is 1. The van der Waals surface area contributed by atoms with E-state index in [-0.39, 0.29) is 11.9 Å². The van der Waals surface area contributed by atoms with Gasteiger partial charge in [-0.3, -0.25) is 4.79 Å². The van der Waals surface area contributed by atoms with Gasteiger partial charge in [-0.25, -0.2) is 0 Å². The van der Waals surface area contributed by atoms with Crippen LogP contribution in [0.3, 0.4) is 0 Å². The van der Waals surface area contributed by atoms with Gasteiger partial charge in [0.15, 0.2) is 5.78 Å². The molecule has 0 unspecified atom stereocenters. The van der Waals surface area contributed by atoms with E-state index in [1.54, 1.807) is 12.1 Å². The molecule has 0 N–H and O–H groups in total. The van der Waals surface area contributed by atoms with Crippen LogP contribution in [-0.4, -0.2) is 22.1 Å². The maximum Gasteiger partial charge on any atom is 0.198 e. The first-order chi connectivity index (χ1) is 10.0. The molecule has 0 spiro atoms. The second-order valence-corrected chi connectivity index (χ2v) is 5.19. The lowest BCUT2D eigenvalue weighted by atomic mass is 10.00. The molecule has 0 saturated carbocycles. The third kappa shape index (κ3) is 3.45. The van der Waals surface area contributed by atoms with Gasteiger partial charge in [-0.05, 0) is 45.4 Å². The average Bonchev–Trinajstić information content (AvgIpc) is 2.46. The van der Waals surface area contributed by atoms with Gasteiger partial charge in [0, 0.05) is 5.56 Å². The van der Waals surface area contributed by atoms with Gasteiger partial charge in [0.2, 0.25) is 0 Å². The highest BCUT2D eigenvalue weighted by Gasteiger charge is 2.19. The van der Waals surface area contributed by atoms with Crippen LogP contribution in [0.5, 0.6) is 5.75 Å². The molecule has 0 aliphatic rings. The maximum atomic E-state index is 12.8. The van der Waals surface area contributed by atoms with Crippen molar-refractivity contribution in [1.82, 2.24) is 10.2 Å². The number of carbonyl (C=O) groups is 1. The fourth-order valence-corrected chi connectivity index (χ4v) is 2.13. The number of aromatic nitrogens is 2. The van der Waals surface area contributed by atoms with Crippen molar-refractivity contribution in [2.24, 2.45) is 0 Å². The SMILES string of the molecule is CCc1nnc(C)cc1C(=O)c1ccccc1OC(C)C. The van der Waals surface area contributed by atoms with Gasteiger partial charge >= 0.3 is 0 Å². The van der Waals surface area contributed by atoms with Crippen molar-refractivity contribution >= 4 is 5.78 Å². The fraction of sp³-hybridized carbons (Fsp3) is 0.353. The van der Waals surface area contributed by atoms with Crippen LogP contribution in [0.2, 0.25) is 0 Å². The number of aryl methyl sites for hydroxylation is 2. The van der Waals surface area contributed by atoms with Crippen molar-refractivity contribution in [2.75, 3.05) is 0 Å². The van der Waals surface area contributed by atoms with Crippen molar-refractivity contribution in [1.29, 1.82) is 0 Å². The lowest BCUT2D eigenvalue weighted by Gasteiger charge is -2.14. The molecule has 21 heavy (non-hydrogen) atoms. The number of hydrogen-bond acceptors (Lipinski definition) is 4. The first kappa shape index (κ1) is 15.2. The second-order valence-electron chi connectivity index (χ2n) is 5.19. The van der Waals surface area contributed by atoms with E-state index in [0.717, 1.165) is 5.69 Å². The molecule has 1 aromatic carbocycles. The van der Waals surface area contributed by atoms with Gasteiger partial charge in [0.25, 0.3) is 0 Å². The predicted octanol–water partition coefficient (Wildman–Crippen LogP) is 3.37. The van der Waals surface area contributed by atoms with Crippen molar-refractivity contribution in [3.8, 4) is 5.75 Å². The first-order valence-corrected chi connectivity index (χ1v) is 7.16. The predicted molar refractivity (Wildman–Crippen MR) is 81.8 cm³/mol. The Hall–Kier alpha value is -2.23. The van der Waals surface area contributed by atoms with E-state index < -0.39 is 0 Å². The number of ether oxygens (including phenoxy) is 1. The summed E-state index contributed by atoms with van der Waals surface area (Å²) in [5, 5.41) is 8.15. The van der Waals surface area contributed by atoms with Crippen LogP contribution in [0.25, 0.3) is 0 Å². The quantitative estimate of drug-likeness (QED) is 0.790. The summed E-state index contributed by atoms with van der Waals surface area (Å²) in [5.41, 5.74) is 2.61. The summed E-state index contributed by atoms with van der Waals surface area (Å²) >= 11 is 0. The zero-order chi connectivity index (χ0) is 15.4. The van der Waals surface area contributed by atoms with E-state index in [4.69, 9.17) is 4.74 Å². The molecule has 0 fully saturated rings. The number of benzene rings is 1. The molecule has 0 saturated heterocycles. The van der Waals surface area contributed by atoms with Gasteiger partial charge in [-0.1, -0.05) is 19.1 Å². The van der Waals surface area contributed by atoms with Crippen LogP contribution in [0.15, 0.2) is 30.3 Å². The minimum absolute atomic E-state index is 0.0156. The van der Waals surface area contributed by atoms with E-state index in [0.29, 0.717) is 29.0 Å². The number of carbonyl (C=O) groups excluding carboxylic acids is 1. The topological polar surface area (TPSA) is 52.1 Å². The summed E-state index contributed by atoms with van der Waals surface area (Å²) in [7, 11) is 0. The molecule has 0 atom stereocenters. The van der Waals surface area contributed by atoms with Crippen molar-refractivity contribution in [3.63, 3.8) is 0 Å². The number of rotatable bonds is 5. The van der Waals surface area contributed by atoms with E-state index >= 15 is 0 Å². The van der Waals surface area contributed by atoms with Gasteiger partial charge in [0.1, 0.15) is 5.75 Å². The second kappa shape index (κ2) is 6.48. The van der Waals surface area contributed by atoms with Crippen LogP contribution >= 0.6 is 0 Å². The van der Waals surface area contributed by atoms with Crippen molar-refractivity contribution < 1.29 is 9.53 Å². The molecule has 110 valence electrons. The summed E-state index contributed by atoms with van der Waals surface area (Å²) in [6.45, 7) is 7.68. The number of para-hydroxylation sites is 1. The normalized spacial score (nSPS) is 10.7. The average molecular weight is 284 g/mol. The first-order valence-electron chi connectivity index (χ1n) is 7.16. The highest BCUT2D eigenvalue weighted by atomic mass is 16.5. The third-order valence-corrected chi connectivity index (χ3v) is 3.07. The smallest absolute Gasteiger partial charge is 0.198 e. The molecule has 0 amide bonds. The van der Waals surface area contributed by atoms with Gasteiger partial charge < -0.3 is 4.74 Å². The van der Waals surface area contributed by atoms with Crippen molar-refractivity contribution in [2.45, 2.75) is 40.2 Å². The molecule has 4 nitrogen and oxygen atoms in total. The van der Waals surface area contributed by atoms with E-state index in [2.05, 4.69) is 10.2 Å². The van der Waals surface area contributed by atoms with Crippen LogP contribution < -0.4 is 4.74 Å². The van der Waals surface area contributed by atoms with Crippen LogP contribution in [-0.2, 0) is 6.42 Å². The largest absolute Gasteiger partial charge is 0.490 e. The molecule has 0 radical (unpaired) electrons. The Morgan fingerprint density at radius 2 is 1.90 bits per heavy atom. The summed E-state index contributed by atoms with van der Waals surface area (Å²) in [6.07, 6.45) is 0.684. The summed E-state index contributed by atoms with van der Waals surface area (Å²) in [4.78, 5) is 12.8. The molecule has 2 rings (SSSR count). The molecule has 1 heterocycles. The molecule has 4 heteroatoms. The van der Waals surface area contributed by atoms with Gasteiger partial charge in [-0.2, -0.15) is 10.2 Å². The molecule has 1 aromatic heterocycles. The standard InChI is InChI=1S/C17H20N2O2/c1-5-15-14(10-12(4)18-19-15)17(20)13-8-6-7-9-16(13)21-11(2)3/h6-11H,5H2,1-4H3. The molecular weight excluding hydrogens is 264 g/mol. The zero-order valence-corrected chi connectivity index (χ0v) is 12.9. The highest BCUT2D eigenvalue weighted by molar-refractivity contribution is 6.11. The third-order valence-electron chi connectivity index (χ3n) is 3.07. The molecular formula is C17H20N2O2. The Morgan fingerprint density at radius 3 is 2.57 bits per heavy atom. The van der Waals surface area contributed by atoms with Crippen LogP contribution in [0.4, 0.5) is 0 Å². The Kier molecular flexibility index (Phi) is 4.68. The summed E-state index contributed by atoms with van der Waals surface area (Å²) < 4.78 is 5.73. The van der Waals surface area contributed by atoms with Crippen LogP contribution in [0, 0.1) is 6.92 Å². The lowest BCUT2D eigenvalue weighted by molar-refractivity contribution is 0.103. The Balaban J connectivity index is 2.48.